The molecule has 0 aliphatic heterocycles. The maximum atomic E-state index is 11.2. The van der Waals surface area contributed by atoms with Crippen LogP contribution >= 0.6 is 0 Å². The number of rotatable bonds is 7. The van der Waals surface area contributed by atoms with Crippen LogP contribution in [0.2, 0.25) is 0 Å². The van der Waals surface area contributed by atoms with Gasteiger partial charge in [0.2, 0.25) is 0 Å². The molecule has 2 rings (SSSR count). The van der Waals surface area contributed by atoms with Crippen molar-refractivity contribution >= 4 is 16.9 Å². The molecule has 1 atom stereocenters. The molecular formula is C18H25NO3. The Hall–Kier alpha value is -1.81. The fourth-order valence-electron chi connectivity index (χ4n) is 3.18. The number of aryl methyl sites for hydroxylation is 2. The van der Waals surface area contributed by atoms with Crippen molar-refractivity contribution in [2.24, 2.45) is 0 Å². The topological polar surface area (TPSA) is 73.3 Å². The fraction of sp³-hybridized carbons (Fsp3) is 0.500. The molecule has 2 aromatic rings. The van der Waals surface area contributed by atoms with Crippen LogP contribution in [-0.4, -0.2) is 21.2 Å². The summed E-state index contributed by atoms with van der Waals surface area (Å²) in [6.45, 7) is 6.01. The third-order valence-electron chi connectivity index (χ3n) is 4.40. The molecule has 4 nitrogen and oxygen atoms in total. The van der Waals surface area contributed by atoms with Gasteiger partial charge in [-0.1, -0.05) is 45.4 Å². The molecule has 1 unspecified atom stereocenters. The molecule has 1 aromatic heterocycles. The van der Waals surface area contributed by atoms with Crippen LogP contribution in [0, 0.1) is 0 Å². The summed E-state index contributed by atoms with van der Waals surface area (Å²) in [5, 5.41) is 21.2. The van der Waals surface area contributed by atoms with E-state index in [0.717, 1.165) is 35.7 Å². The lowest BCUT2D eigenvalue weighted by Crippen LogP contribution is -2.29. The van der Waals surface area contributed by atoms with E-state index in [4.69, 9.17) is 5.11 Å². The third-order valence-corrected chi connectivity index (χ3v) is 4.40. The molecule has 0 saturated carbocycles. The Bertz CT molecular complexity index is 674. The number of H-pyrrole nitrogens is 1. The molecule has 1 heterocycles. The number of nitrogens with one attached hydrogen (secondary N) is 1. The number of aromatic nitrogens is 1. The molecular weight excluding hydrogens is 278 g/mol. The summed E-state index contributed by atoms with van der Waals surface area (Å²) >= 11 is 0. The van der Waals surface area contributed by atoms with E-state index in [1.807, 2.05) is 13.0 Å². The van der Waals surface area contributed by atoms with Gasteiger partial charge in [0.1, 0.15) is 5.60 Å². The lowest BCUT2D eigenvalue weighted by molar-refractivity contribution is -0.143. The standard InChI is InChI=1S/C18H25NO3/c1-4-8-14-13-10-7-9-12(5-2)16(13)19-17(14)18(22,6-3)11-15(20)21/h7,9-10,19,22H,4-6,8,11H2,1-3H3,(H,20,21). The summed E-state index contributed by atoms with van der Waals surface area (Å²) in [7, 11) is 0. The van der Waals surface area contributed by atoms with E-state index in [2.05, 4.69) is 31.0 Å². The average molecular weight is 303 g/mol. The first-order chi connectivity index (χ1) is 10.5. The maximum absolute atomic E-state index is 11.2. The van der Waals surface area contributed by atoms with Crippen LogP contribution in [0.15, 0.2) is 18.2 Å². The minimum atomic E-state index is -1.35. The molecule has 0 amide bonds. The smallest absolute Gasteiger partial charge is 0.306 e. The van der Waals surface area contributed by atoms with E-state index < -0.39 is 11.6 Å². The van der Waals surface area contributed by atoms with Gasteiger partial charge in [-0.25, -0.2) is 0 Å². The minimum absolute atomic E-state index is 0.283. The number of fused-ring (bicyclic) bond motifs is 1. The maximum Gasteiger partial charge on any atom is 0.306 e. The zero-order chi connectivity index (χ0) is 16.3. The Morgan fingerprint density at radius 2 is 2.00 bits per heavy atom. The van der Waals surface area contributed by atoms with E-state index in [1.165, 1.54) is 5.56 Å². The number of benzene rings is 1. The van der Waals surface area contributed by atoms with Crippen molar-refractivity contribution in [3.63, 3.8) is 0 Å². The number of aliphatic carboxylic acids is 1. The van der Waals surface area contributed by atoms with Crippen molar-refractivity contribution in [3.8, 4) is 0 Å². The summed E-state index contributed by atoms with van der Waals surface area (Å²) in [5.74, 6) is -0.985. The predicted octanol–water partition coefficient (Wildman–Crippen LogP) is 3.76. The average Bonchev–Trinajstić information content (AvgIpc) is 2.86. The number of para-hydroxylation sites is 1. The summed E-state index contributed by atoms with van der Waals surface area (Å²) in [6, 6.07) is 6.15. The Balaban J connectivity index is 2.70. The molecule has 0 aliphatic carbocycles. The van der Waals surface area contributed by atoms with Crippen molar-refractivity contribution < 1.29 is 15.0 Å². The first kappa shape index (κ1) is 16.6. The van der Waals surface area contributed by atoms with E-state index in [0.29, 0.717) is 12.1 Å². The SMILES string of the molecule is CCCc1c(C(O)(CC)CC(=O)O)[nH]c2c(CC)cccc12. The largest absolute Gasteiger partial charge is 0.481 e. The van der Waals surface area contributed by atoms with Crippen LogP contribution in [0.4, 0.5) is 0 Å². The van der Waals surface area contributed by atoms with E-state index in [-0.39, 0.29) is 6.42 Å². The highest BCUT2D eigenvalue weighted by Gasteiger charge is 2.34. The molecule has 0 bridgehead atoms. The molecule has 3 N–H and O–H groups in total. The zero-order valence-electron chi connectivity index (χ0n) is 13.6. The summed E-state index contributed by atoms with van der Waals surface area (Å²) in [4.78, 5) is 14.5. The lowest BCUT2D eigenvalue weighted by atomic mass is 9.88. The van der Waals surface area contributed by atoms with Gasteiger partial charge in [-0.15, -0.1) is 0 Å². The number of carboxylic acid groups (broad SMARTS) is 1. The summed E-state index contributed by atoms with van der Waals surface area (Å²) in [5.41, 5.74) is 2.60. The van der Waals surface area contributed by atoms with Gasteiger partial charge >= 0.3 is 5.97 Å². The van der Waals surface area contributed by atoms with Gasteiger partial charge in [-0.2, -0.15) is 0 Å². The summed E-state index contributed by atoms with van der Waals surface area (Å²) < 4.78 is 0. The Morgan fingerprint density at radius 3 is 2.55 bits per heavy atom. The van der Waals surface area contributed by atoms with E-state index in [1.54, 1.807) is 0 Å². The third kappa shape index (κ3) is 2.88. The first-order valence-electron chi connectivity index (χ1n) is 8.03. The first-order valence-corrected chi connectivity index (χ1v) is 8.03. The van der Waals surface area contributed by atoms with Gasteiger partial charge in [0, 0.05) is 10.9 Å². The second-order valence-electron chi connectivity index (χ2n) is 5.88. The molecule has 0 spiro atoms. The van der Waals surface area contributed by atoms with Crippen LogP contribution in [0.5, 0.6) is 0 Å². The minimum Gasteiger partial charge on any atom is -0.481 e. The van der Waals surface area contributed by atoms with Gasteiger partial charge in [0.05, 0.1) is 12.1 Å². The second-order valence-corrected chi connectivity index (χ2v) is 5.88. The van der Waals surface area contributed by atoms with Crippen molar-refractivity contribution in [3.05, 3.63) is 35.0 Å². The Kier molecular flexibility index (Phi) is 4.91. The van der Waals surface area contributed by atoms with Gasteiger partial charge in [-0.05, 0) is 30.4 Å². The molecule has 1 aromatic carbocycles. The number of aliphatic hydroxyl groups is 1. The second kappa shape index (κ2) is 6.53. The van der Waals surface area contributed by atoms with Crippen molar-refractivity contribution in [2.45, 2.75) is 58.5 Å². The number of carboxylic acids is 1. The number of carbonyl (C=O) groups is 1. The highest BCUT2D eigenvalue weighted by atomic mass is 16.4. The van der Waals surface area contributed by atoms with Crippen LogP contribution in [0.1, 0.15) is 56.9 Å². The molecule has 120 valence electrons. The van der Waals surface area contributed by atoms with Gasteiger partial charge < -0.3 is 15.2 Å². The van der Waals surface area contributed by atoms with Crippen LogP contribution in [0.3, 0.4) is 0 Å². The quantitative estimate of drug-likeness (QED) is 0.729. The predicted molar refractivity (Wildman–Crippen MR) is 88.1 cm³/mol. The van der Waals surface area contributed by atoms with Crippen molar-refractivity contribution in [2.75, 3.05) is 0 Å². The van der Waals surface area contributed by atoms with E-state index in [9.17, 15) is 9.90 Å². The monoisotopic (exact) mass is 303 g/mol. The molecule has 4 heteroatoms. The normalized spacial score (nSPS) is 14.2. The molecule has 0 fully saturated rings. The lowest BCUT2D eigenvalue weighted by Gasteiger charge is -2.25. The molecule has 0 aliphatic rings. The highest BCUT2D eigenvalue weighted by molar-refractivity contribution is 5.88. The summed E-state index contributed by atoms with van der Waals surface area (Å²) in [6.07, 6.45) is 2.75. The van der Waals surface area contributed by atoms with E-state index >= 15 is 0 Å². The zero-order valence-corrected chi connectivity index (χ0v) is 13.6. The fourth-order valence-corrected chi connectivity index (χ4v) is 3.18. The van der Waals surface area contributed by atoms with Gasteiger partial charge in [0.15, 0.2) is 0 Å². The van der Waals surface area contributed by atoms with Crippen molar-refractivity contribution in [1.82, 2.24) is 4.98 Å². The van der Waals surface area contributed by atoms with Gasteiger partial charge in [-0.3, -0.25) is 4.79 Å². The molecule has 0 saturated heterocycles. The highest BCUT2D eigenvalue weighted by Crippen LogP contribution is 2.36. The number of hydrogen-bond acceptors (Lipinski definition) is 2. The Morgan fingerprint density at radius 1 is 1.27 bits per heavy atom. The molecule has 22 heavy (non-hydrogen) atoms. The van der Waals surface area contributed by atoms with Gasteiger partial charge in [0.25, 0.3) is 0 Å². The van der Waals surface area contributed by atoms with Crippen molar-refractivity contribution in [1.29, 1.82) is 0 Å². The number of hydrogen-bond donors (Lipinski definition) is 3. The van der Waals surface area contributed by atoms with Crippen LogP contribution in [0.25, 0.3) is 10.9 Å². The Labute approximate surface area is 131 Å². The van der Waals surface area contributed by atoms with Crippen LogP contribution < -0.4 is 0 Å². The molecule has 0 radical (unpaired) electrons. The number of aromatic amines is 1. The van der Waals surface area contributed by atoms with Crippen LogP contribution in [-0.2, 0) is 23.2 Å².